The molecule has 1 aromatic carbocycles. The minimum atomic E-state index is 0.190. The van der Waals surface area contributed by atoms with E-state index in [0.29, 0.717) is 13.0 Å². The molecule has 0 aliphatic carbocycles. The first-order valence-electron chi connectivity index (χ1n) is 5.61. The van der Waals surface area contributed by atoms with Crippen molar-refractivity contribution in [3.8, 4) is 0 Å². The van der Waals surface area contributed by atoms with Gasteiger partial charge in [0, 0.05) is 27.1 Å². The van der Waals surface area contributed by atoms with Crippen molar-refractivity contribution in [3.63, 3.8) is 0 Å². The first kappa shape index (κ1) is 12.7. The Morgan fingerprint density at radius 1 is 1.31 bits per heavy atom. The SMILES string of the molecule is CN(C)C(=O)CCCc1cccc(CN)c1. The quantitative estimate of drug-likeness (QED) is 0.818. The summed E-state index contributed by atoms with van der Waals surface area (Å²) >= 11 is 0. The predicted molar refractivity (Wildman–Crippen MR) is 66.0 cm³/mol. The van der Waals surface area contributed by atoms with E-state index in [9.17, 15) is 4.79 Å². The average molecular weight is 220 g/mol. The molecule has 88 valence electrons. The molecule has 0 bridgehead atoms. The smallest absolute Gasteiger partial charge is 0.222 e. The van der Waals surface area contributed by atoms with Crippen molar-refractivity contribution in [2.24, 2.45) is 5.73 Å². The molecule has 0 saturated heterocycles. The van der Waals surface area contributed by atoms with Gasteiger partial charge in [-0.3, -0.25) is 4.79 Å². The summed E-state index contributed by atoms with van der Waals surface area (Å²) in [5.41, 5.74) is 7.98. The summed E-state index contributed by atoms with van der Waals surface area (Å²) in [4.78, 5) is 13.0. The highest BCUT2D eigenvalue weighted by molar-refractivity contribution is 5.75. The van der Waals surface area contributed by atoms with Crippen molar-refractivity contribution in [1.82, 2.24) is 4.90 Å². The van der Waals surface area contributed by atoms with Crippen LogP contribution in [0.5, 0.6) is 0 Å². The maximum absolute atomic E-state index is 11.4. The fourth-order valence-corrected chi connectivity index (χ4v) is 1.58. The van der Waals surface area contributed by atoms with Gasteiger partial charge in [-0.2, -0.15) is 0 Å². The van der Waals surface area contributed by atoms with Gasteiger partial charge in [0.1, 0.15) is 0 Å². The lowest BCUT2D eigenvalue weighted by Crippen LogP contribution is -2.21. The zero-order chi connectivity index (χ0) is 12.0. The number of carbonyl (C=O) groups excluding carboxylic acids is 1. The van der Waals surface area contributed by atoms with E-state index in [1.54, 1.807) is 19.0 Å². The van der Waals surface area contributed by atoms with Crippen molar-refractivity contribution < 1.29 is 4.79 Å². The fourth-order valence-electron chi connectivity index (χ4n) is 1.58. The minimum absolute atomic E-state index is 0.190. The van der Waals surface area contributed by atoms with Gasteiger partial charge in [0.05, 0.1) is 0 Å². The fraction of sp³-hybridized carbons (Fsp3) is 0.462. The molecular weight excluding hydrogens is 200 g/mol. The molecule has 1 rings (SSSR count). The summed E-state index contributed by atoms with van der Waals surface area (Å²) in [6, 6.07) is 8.24. The summed E-state index contributed by atoms with van der Waals surface area (Å²) in [6.45, 7) is 0.574. The van der Waals surface area contributed by atoms with Crippen LogP contribution in [0.15, 0.2) is 24.3 Å². The van der Waals surface area contributed by atoms with Gasteiger partial charge in [-0.1, -0.05) is 24.3 Å². The van der Waals surface area contributed by atoms with Crippen molar-refractivity contribution in [2.45, 2.75) is 25.8 Å². The third-order valence-electron chi connectivity index (χ3n) is 2.58. The van der Waals surface area contributed by atoms with E-state index < -0.39 is 0 Å². The summed E-state index contributed by atoms with van der Waals surface area (Å²) in [7, 11) is 3.58. The zero-order valence-corrected chi connectivity index (χ0v) is 10.1. The second kappa shape index (κ2) is 6.28. The molecule has 0 unspecified atom stereocenters. The van der Waals surface area contributed by atoms with E-state index in [2.05, 4.69) is 12.1 Å². The summed E-state index contributed by atoms with van der Waals surface area (Å²) < 4.78 is 0. The molecule has 0 radical (unpaired) electrons. The Kier molecular flexibility index (Phi) is 4.99. The lowest BCUT2D eigenvalue weighted by atomic mass is 10.1. The molecule has 0 atom stereocenters. The lowest BCUT2D eigenvalue weighted by molar-refractivity contribution is -0.128. The minimum Gasteiger partial charge on any atom is -0.349 e. The number of hydrogen-bond donors (Lipinski definition) is 1. The van der Waals surface area contributed by atoms with Crippen LogP contribution in [-0.4, -0.2) is 24.9 Å². The van der Waals surface area contributed by atoms with Crippen molar-refractivity contribution in [1.29, 1.82) is 0 Å². The molecule has 3 nitrogen and oxygen atoms in total. The molecule has 0 heterocycles. The van der Waals surface area contributed by atoms with Crippen molar-refractivity contribution >= 4 is 5.91 Å². The Labute approximate surface area is 97.2 Å². The first-order valence-corrected chi connectivity index (χ1v) is 5.61. The standard InChI is InChI=1S/C13H20N2O/c1-15(2)13(16)8-4-6-11-5-3-7-12(9-11)10-14/h3,5,7,9H,4,6,8,10,14H2,1-2H3. The molecule has 0 spiro atoms. The average Bonchev–Trinajstić information content (AvgIpc) is 2.29. The number of nitrogens with two attached hydrogens (primary N) is 1. The number of rotatable bonds is 5. The van der Waals surface area contributed by atoms with Gasteiger partial charge in [0.25, 0.3) is 0 Å². The number of hydrogen-bond acceptors (Lipinski definition) is 2. The van der Waals surface area contributed by atoms with E-state index in [4.69, 9.17) is 5.73 Å². The third-order valence-corrected chi connectivity index (χ3v) is 2.58. The van der Waals surface area contributed by atoms with E-state index in [1.807, 2.05) is 12.1 Å². The molecule has 0 aliphatic rings. The molecule has 0 aliphatic heterocycles. The Bertz CT molecular complexity index is 348. The molecule has 0 fully saturated rings. The van der Waals surface area contributed by atoms with Crippen LogP contribution in [0.4, 0.5) is 0 Å². The van der Waals surface area contributed by atoms with Crippen LogP contribution in [0.2, 0.25) is 0 Å². The summed E-state index contributed by atoms with van der Waals surface area (Å²) in [5.74, 6) is 0.190. The van der Waals surface area contributed by atoms with Gasteiger partial charge in [0.15, 0.2) is 0 Å². The van der Waals surface area contributed by atoms with Gasteiger partial charge in [-0.05, 0) is 24.0 Å². The number of amides is 1. The zero-order valence-electron chi connectivity index (χ0n) is 10.1. The Balaban J connectivity index is 2.40. The molecule has 16 heavy (non-hydrogen) atoms. The number of benzene rings is 1. The van der Waals surface area contributed by atoms with Crippen molar-refractivity contribution in [3.05, 3.63) is 35.4 Å². The van der Waals surface area contributed by atoms with Crippen LogP contribution < -0.4 is 5.73 Å². The highest BCUT2D eigenvalue weighted by Crippen LogP contribution is 2.08. The van der Waals surface area contributed by atoms with Gasteiger partial charge in [0.2, 0.25) is 5.91 Å². The third kappa shape index (κ3) is 4.03. The second-order valence-corrected chi connectivity index (χ2v) is 4.17. The number of nitrogens with zero attached hydrogens (tertiary/aromatic N) is 1. The van der Waals surface area contributed by atoms with Gasteiger partial charge < -0.3 is 10.6 Å². The van der Waals surface area contributed by atoms with Crippen molar-refractivity contribution in [2.75, 3.05) is 14.1 Å². The highest BCUT2D eigenvalue weighted by Gasteiger charge is 2.03. The molecule has 0 aromatic heterocycles. The van der Waals surface area contributed by atoms with E-state index >= 15 is 0 Å². The predicted octanol–water partition coefficient (Wildman–Crippen LogP) is 1.56. The molecule has 3 heteroatoms. The molecule has 1 amide bonds. The van der Waals surface area contributed by atoms with E-state index in [-0.39, 0.29) is 5.91 Å². The van der Waals surface area contributed by atoms with E-state index in [0.717, 1.165) is 18.4 Å². The van der Waals surface area contributed by atoms with Gasteiger partial charge in [-0.15, -0.1) is 0 Å². The first-order chi connectivity index (χ1) is 7.63. The highest BCUT2D eigenvalue weighted by atomic mass is 16.2. The Morgan fingerprint density at radius 2 is 2.00 bits per heavy atom. The largest absolute Gasteiger partial charge is 0.349 e. The van der Waals surface area contributed by atoms with Crippen LogP contribution >= 0.6 is 0 Å². The normalized spacial score (nSPS) is 10.2. The lowest BCUT2D eigenvalue weighted by Gasteiger charge is -2.09. The van der Waals surface area contributed by atoms with Crippen LogP contribution in [-0.2, 0) is 17.8 Å². The summed E-state index contributed by atoms with van der Waals surface area (Å²) in [5, 5.41) is 0. The van der Waals surface area contributed by atoms with E-state index in [1.165, 1.54) is 5.56 Å². The Morgan fingerprint density at radius 3 is 2.62 bits per heavy atom. The molecule has 0 saturated carbocycles. The van der Waals surface area contributed by atoms with Gasteiger partial charge in [-0.25, -0.2) is 0 Å². The van der Waals surface area contributed by atoms with Crippen LogP contribution in [0.25, 0.3) is 0 Å². The maximum Gasteiger partial charge on any atom is 0.222 e. The monoisotopic (exact) mass is 220 g/mol. The summed E-state index contributed by atoms with van der Waals surface area (Å²) in [6.07, 6.45) is 2.44. The van der Waals surface area contributed by atoms with Gasteiger partial charge >= 0.3 is 0 Å². The molecule has 2 N–H and O–H groups in total. The maximum atomic E-state index is 11.4. The number of carbonyl (C=O) groups is 1. The van der Waals surface area contributed by atoms with Crippen LogP contribution in [0.1, 0.15) is 24.0 Å². The van der Waals surface area contributed by atoms with Crippen LogP contribution in [0, 0.1) is 0 Å². The number of aryl methyl sites for hydroxylation is 1. The Hall–Kier alpha value is -1.35. The topological polar surface area (TPSA) is 46.3 Å². The molecule has 1 aromatic rings. The van der Waals surface area contributed by atoms with Crippen LogP contribution in [0.3, 0.4) is 0 Å². The second-order valence-electron chi connectivity index (χ2n) is 4.17. The molecular formula is C13H20N2O.